The number of amides is 1. The Hall–Kier alpha value is -1.10. The van der Waals surface area contributed by atoms with E-state index in [1.807, 2.05) is 6.92 Å². The summed E-state index contributed by atoms with van der Waals surface area (Å²) in [5.41, 5.74) is -0.826. The molecule has 2 aliphatic rings. The Bertz CT molecular complexity index is 349. The average molecular weight is 269 g/mol. The van der Waals surface area contributed by atoms with Gasteiger partial charge in [-0.05, 0) is 19.8 Å². The van der Waals surface area contributed by atoms with Crippen LogP contribution in [-0.2, 0) is 14.3 Å². The molecule has 0 aromatic carbocycles. The maximum absolute atomic E-state index is 12.4. The summed E-state index contributed by atoms with van der Waals surface area (Å²) in [4.78, 5) is 25.8. The molecule has 5 nitrogen and oxygen atoms in total. The van der Waals surface area contributed by atoms with Gasteiger partial charge in [-0.1, -0.05) is 19.3 Å². The monoisotopic (exact) mass is 269 g/mol. The normalized spacial score (nSPS) is 27.0. The molecule has 1 unspecified atom stereocenters. The molecule has 0 bridgehead atoms. The van der Waals surface area contributed by atoms with Gasteiger partial charge in [0.25, 0.3) is 0 Å². The van der Waals surface area contributed by atoms with E-state index in [-0.39, 0.29) is 18.4 Å². The first kappa shape index (κ1) is 14.3. The number of carbonyl (C=O) groups excluding carboxylic acids is 1. The van der Waals surface area contributed by atoms with E-state index < -0.39 is 11.4 Å². The number of morpholine rings is 1. The van der Waals surface area contributed by atoms with Gasteiger partial charge in [0.2, 0.25) is 5.91 Å². The number of carbonyl (C=O) groups is 2. The van der Waals surface area contributed by atoms with Crippen molar-refractivity contribution in [3.05, 3.63) is 0 Å². The van der Waals surface area contributed by atoms with Crippen LogP contribution < -0.4 is 0 Å². The molecule has 0 aromatic heterocycles. The third-order valence-electron chi connectivity index (χ3n) is 4.44. The van der Waals surface area contributed by atoms with Crippen LogP contribution in [0, 0.1) is 5.41 Å². The molecule has 19 heavy (non-hydrogen) atoms. The summed E-state index contributed by atoms with van der Waals surface area (Å²) >= 11 is 0. The van der Waals surface area contributed by atoms with E-state index in [0.29, 0.717) is 32.6 Å². The minimum absolute atomic E-state index is 0.0277. The van der Waals surface area contributed by atoms with Crippen molar-refractivity contribution in [2.24, 2.45) is 5.41 Å². The van der Waals surface area contributed by atoms with Crippen molar-refractivity contribution in [2.75, 3.05) is 19.8 Å². The fourth-order valence-electron chi connectivity index (χ4n) is 3.18. The number of ether oxygens (including phenoxy) is 1. The first-order valence-electron chi connectivity index (χ1n) is 7.16. The largest absolute Gasteiger partial charge is 0.481 e. The molecular formula is C14H23NO4. The van der Waals surface area contributed by atoms with Gasteiger partial charge in [0.05, 0.1) is 24.7 Å². The van der Waals surface area contributed by atoms with Gasteiger partial charge < -0.3 is 14.7 Å². The van der Waals surface area contributed by atoms with Gasteiger partial charge in [-0.25, -0.2) is 0 Å². The highest BCUT2D eigenvalue weighted by Gasteiger charge is 2.43. The Labute approximate surface area is 113 Å². The summed E-state index contributed by atoms with van der Waals surface area (Å²) in [7, 11) is 0. The van der Waals surface area contributed by atoms with Crippen molar-refractivity contribution in [2.45, 2.75) is 51.5 Å². The Kier molecular flexibility index (Phi) is 4.45. The van der Waals surface area contributed by atoms with Crippen molar-refractivity contribution in [1.82, 2.24) is 4.90 Å². The second-order valence-corrected chi connectivity index (χ2v) is 5.83. The van der Waals surface area contributed by atoms with Crippen LogP contribution in [0.1, 0.15) is 45.4 Å². The first-order valence-corrected chi connectivity index (χ1v) is 7.16. The molecule has 1 aliphatic heterocycles. The van der Waals surface area contributed by atoms with E-state index in [2.05, 4.69) is 0 Å². The Balaban J connectivity index is 2.04. The van der Waals surface area contributed by atoms with Gasteiger partial charge in [0, 0.05) is 13.0 Å². The highest BCUT2D eigenvalue weighted by atomic mass is 16.5. The van der Waals surface area contributed by atoms with Gasteiger partial charge in [-0.15, -0.1) is 0 Å². The van der Waals surface area contributed by atoms with E-state index in [0.717, 1.165) is 19.3 Å². The number of aliphatic carboxylic acids is 1. The van der Waals surface area contributed by atoms with E-state index in [9.17, 15) is 14.7 Å². The summed E-state index contributed by atoms with van der Waals surface area (Å²) in [5, 5.41) is 9.51. The lowest BCUT2D eigenvalue weighted by Gasteiger charge is -2.38. The maximum Gasteiger partial charge on any atom is 0.310 e. The first-order chi connectivity index (χ1) is 9.05. The predicted octanol–water partition coefficient (Wildman–Crippen LogP) is 1.66. The van der Waals surface area contributed by atoms with Crippen LogP contribution in [0.4, 0.5) is 0 Å². The van der Waals surface area contributed by atoms with Crippen LogP contribution in [0.3, 0.4) is 0 Å². The van der Waals surface area contributed by atoms with Crippen LogP contribution >= 0.6 is 0 Å². The molecule has 1 atom stereocenters. The van der Waals surface area contributed by atoms with E-state index in [4.69, 9.17) is 4.74 Å². The Morgan fingerprint density at radius 2 is 2.00 bits per heavy atom. The molecule has 1 saturated heterocycles. The minimum Gasteiger partial charge on any atom is -0.481 e. The summed E-state index contributed by atoms with van der Waals surface area (Å²) in [6, 6.07) is 0.0516. The SMILES string of the molecule is CC1COCCN1C(=O)CC1(C(=O)O)CCCCC1. The van der Waals surface area contributed by atoms with Crippen molar-refractivity contribution in [1.29, 1.82) is 0 Å². The second-order valence-electron chi connectivity index (χ2n) is 5.83. The molecule has 2 fully saturated rings. The average Bonchev–Trinajstić information content (AvgIpc) is 2.40. The van der Waals surface area contributed by atoms with Gasteiger partial charge >= 0.3 is 5.97 Å². The molecular weight excluding hydrogens is 246 g/mol. The lowest BCUT2D eigenvalue weighted by Crippen LogP contribution is -2.49. The summed E-state index contributed by atoms with van der Waals surface area (Å²) < 4.78 is 5.31. The predicted molar refractivity (Wildman–Crippen MR) is 69.8 cm³/mol. The molecule has 1 N–H and O–H groups in total. The fourth-order valence-corrected chi connectivity index (χ4v) is 3.18. The highest BCUT2D eigenvalue weighted by Crippen LogP contribution is 2.40. The van der Waals surface area contributed by atoms with Gasteiger partial charge in [-0.3, -0.25) is 9.59 Å². The molecule has 1 heterocycles. The summed E-state index contributed by atoms with van der Waals surface area (Å²) in [5.74, 6) is -0.832. The van der Waals surface area contributed by atoms with Crippen LogP contribution in [0.2, 0.25) is 0 Å². The zero-order valence-electron chi connectivity index (χ0n) is 11.6. The lowest BCUT2D eigenvalue weighted by atomic mass is 9.71. The van der Waals surface area contributed by atoms with Crippen LogP contribution in [0.15, 0.2) is 0 Å². The summed E-state index contributed by atoms with van der Waals surface area (Å²) in [6.07, 6.45) is 4.32. The van der Waals surface area contributed by atoms with Crippen LogP contribution in [0.25, 0.3) is 0 Å². The Morgan fingerprint density at radius 1 is 1.32 bits per heavy atom. The van der Waals surface area contributed by atoms with Crippen LogP contribution in [0.5, 0.6) is 0 Å². The molecule has 0 aromatic rings. The van der Waals surface area contributed by atoms with Crippen molar-refractivity contribution >= 4 is 11.9 Å². The summed E-state index contributed by atoms with van der Waals surface area (Å²) in [6.45, 7) is 3.63. The van der Waals surface area contributed by atoms with Crippen molar-refractivity contribution in [3.8, 4) is 0 Å². The highest BCUT2D eigenvalue weighted by molar-refractivity contribution is 5.85. The molecule has 1 saturated carbocycles. The Morgan fingerprint density at radius 3 is 2.58 bits per heavy atom. The molecule has 1 amide bonds. The molecule has 2 rings (SSSR count). The minimum atomic E-state index is -0.826. The molecule has 5 heteroatoms. The molecule has 1 aliphatic carbocycles. The van der Waals surface area contributed by atoms with Crippen LogP contribution in [-0.4, -0.2) is 47.7 Å². The number of carboxylic acid groups (broad SMARTS) is 1. The lowest BCUT2D eigenvalue weighted by molar-refractivity contribution is -0.158. The van der Waals surface area contributed by atoms with E-state index >= 15 is 0 Å². The topological polar surface area (TPSA) is 66.8 Å². The van der Waals surface area contributed by atoms with Gasteiger partial charge in [0.15, 0.2) is 0 Å². The third kappa shape index (κ3) is 3.08. The molecule has 0 radical (unpaired) electrons. The zero-order chi connectivity index (χ0) is 13.9. The maximum atomic E-state index is 12.4. The number of carboxylic acids is 1. The number of hydrogen-bond acceptors (Lipinski definition) is 3. The second kappa shape index (κ2) is 5.90. The third-order valence-corrected chi connectivity index (χ3v) is 4.44. The van der Waals surface area contributed by atoms with Crippen molar-refractivity contribution < 1.29 is 19.4 Å². The smallest absolute Gasteiger partial charge is 0.310 e. The standard InChI is InChI=1S/C14H23NO4/c1-11-10-19-8-7-15(11)12(16)9-14(13(17)18)5-3-2-4-6-14/h11H,2-10H2,1H3,(H,17,18). The molecule has 0 spiro atoms. The van der Waals surface area contributed by atoms with E-state index in [1.54, 1.807) is 4.90 Å². The number of nitrogens with zero attached hydrogens (tertiary/aromatic N) is 1. The van der Waals surface area contributed by atoms with E-state index in [1.165, 1.54) is 0 Å². The zero-order valence-corrected chi connectivity index (χ0v) is 11.6. The van der Waals surface area contributed by atoms with Gasteiger partial charge in [-0.2, -0.15) is 0 Å². The van der Waals surface area contributed by atoms with Crippen molar-refractivity contribution in [3.63, 3.8) is 0 Å². The fraction of sp³-hybridized carbons (Fsp3) is 0.857. The quantitative estimate of drug-likeness (QED) is 0.846. The number of hydrogen-bond donors (Lipinski definition) is 1. The molecule has 108 valence electrons. The number of rotatable bonds is 3. The van der Waals surface area contributed by atoms with Gasteiger partial charge in [0.1, 0.15) is 0 Å².